The lowest BCUT2D eigenvalue weighted by Crippen LogP contribution is -2.52. The number of amides is 1. The van der Waals surface area contributed by atoms with Gasteiger partial charge in [-0.25, -0.2) is 4.79 Å². The van der Waals surface area contributed by atoms with E-state index in [1.807, 2.05) is 0 Å². The fourth-order valence-corrected chi connectivity index (χ4v) is 2.02. The molecule has 0 saturated carbocycles. The Bertz CT molecular complexity index is 319. The van der Waals surface area contributed by atoms with Crippen molar-refractivity contribution in [3.8, 4) is 0 Å². The van der Waals surface area contributed by atoms with E-state index in [1.165, 1.54) is 0 Å². The minimum atomic E-state index is -1.08. The summed E-state index contributed by atoms with van der Waals surface area (Å²) in [4.78, 5) is 25.7. The molecule has 7 heteroatoms. The highest BCUT2D eigenvalue weighted by molar-refractivity contribution is 5.78. The zero-order chi connectivity index (χ0) is 14.5. The average molecular weight is 274 g/mol. The van der Waals surface area contributed by atoms with Crippen LogP contribution in [0.25, 0.3) is 0 Å². The number of aliphatic carboxylic acids is 1. The molecule has 1 aliphatic rings. The van der Waals surface area contributed by atoms with Gasteiger partial charge in [0, 0.05) is 32.7 Å². The summed E-state index contributed by atoms with van der Waals surface area (Å²) in [6, 6.07) is 0. The molecule has 0 aromatic rings. The van der Waals surface area contributed by atoms with Crippen molar-refractivity contribution in [1.82, 2.24) is 9.80 Å². The maximum Gasteiger partial charge on any atom is 0.329 e. The van der Waals surface area contributed by atoms with Crippen molar-refractivity contribution in [2.45, 2.75) is 19.4 Å². The van der Waals surface area contributed by atoms with Crippen LogP contribution < -0.4 is 0 Å². The molecule has 1 fully saturated rings. The maximum atomic E-state index is 11.7. The van der Waals surface area contributed by atoms with E-state index in [1.54, 1.807) is 18.7 Å². The molecule has 0 unspecified atom stereocenters. The molecule has 1 heterocycles. The smallest absolute Gasteiger partial charge is 0.329 e. The van der Waals surface area contributed by atoms with E-state index in [0.717, 1.165) is 0 Å². The molecular weight excluding hydrogens is 252 g/mol. The lowest BCUT2D eigenvalue weighted by Gasteiger charge is -2.37. The number of carbonyl (C=O) groups excluding carboxylic acids is 1. The topological polar surface area (TPSA) is 90.3 Å². The molecule has 0 aromatic carbocycles. The highest BCUT2D eigenvalue weighted by atomic mass is 16.5. The van der Waals surface area contributed by atoms with Gasteiger partial charge in [0.25, 0.3) is 0 Å². The summed E-state index contributed by atoms with van der Waals surface area (Å²) < 4.78 is 4.77. The van der Waals surface area contributed by atoms with E-state index >= 15 is 0 Å². The summed E-state index contributed by atoms with van der Waals surface area (Å²) >= 11 is 0. The number of β-amino-alcohol motifs (C(OH)–C–C–N with tert-alkyl or cyclic N) is 1. The number of ether oxygens (including phenoxy) is 1. The van der Waals surface area contributed by atoms with Gasteiger partial charge in [0.05, 0.1) is 5.60 Å². The lowest BCUT2D eigenvalue weighted by atomic mass is 10.1. The Kier molecular flexibility index (Phi) is 5.71. The highest BCUT2D eigenvalue weighted by Crippen LogP contribution is 2.08. The molecule has 7 nitrogen and oxygen atoms in total. The highest BCUT2D eigenvalue weighted by Gasteiger charge is 2.24. The predicted molar refractivity (Wildman–Crippen MR) is 67.8 cm³/mol. The minimum absolute atomic E-state index is 0.191. The summed E-state index contributed by atoms with van der Waals surface area (Å²) in [6.45, 7) is 5.99. The van der Waals surface area contributed by atoms with Gasteiger partial charge in [-0.15, -0.1) is 0 Å². The van der Waals surface area contributed by atoms with Crippen molar-refractivity contribution in [3.63, 3.8) is 0 Å². The molecule has 1 amide bonds. The molecule has 0 radical (unpaired) electrons. The van der Waals surface area contributed by atoms with Crippen LogP contribution in [0.2, 0.25) is 0 Å². The number of hydrogen-bond donors (Lipinski definition) is 2. The number of rotatable bonds is 6. The molecule has 0 bridgehead atoms. The quantitative estimate of drug-likeness (QED) is 0.646. The normalized spacial score (nSPS) is 17.5. The first-order valence-corrected chi connectivity index (χ1v) is 6.30. The number of nitrogens with zero attached hydrogens (tertiary/aromatic N) is 2. The number of carboxylic acid groups (broad SMARTS) is 1. The van der Waals surface area contributed by atoms with Gasteiger partial charge < -0.3 is 19.8 Å². The Morgan fingerprint density at radius 1 is 1.16 bits per heavy atom. The second kappa shape index (κ2) is 6.83. The number of hydrogen-bond acceptors (Lipinski definition) is 5. The van der Waals surface area contributed by atoms with Crippen LogP contribution in [-0.2, 0) is 14.3 Å². The van der Waals surface area contributed by atoms with Crippen LogP contribution in [0.3, 0.4) is 0 Å². The van der Waals surface area contributed by atoms with Crippen molar-refractivity contribution in [1.29, 1.82) is 0 Å². The van der Waals surface area contributed by atoms with E-state index in [4.69, 9.17) is 9.84 Å². The van der Waals surface area contributed by atoms with E-state index in [2.05, 4.69) is 4.90 Å². The molecule has 1 rings (SSSR count). The third-order valence-electron chi connectivity index (χ3n) is 2.79. The number of piperazine rings is 1. The zero-order valence-electron chi connectivity index (χ0n) is 11.5. The molecule has 2 N–H and O–H groups in total. The Morgan fingerprint density at radius 2 is 1.74 bits per heavy atom. The number of aliphatic hydroxyl groups is 1. The molecule has 0 aliphatic carbocycles. The minimum Gasteiger partial charge on any atom is -0.480 e. The summed E-state index contributed by atoms with van der Waals surface area (Å²) in [5, 5.41) is 18.1. The Morgan fingerprint density at radius 3 is 2.21 bits per heavy atom. The fraction of sp³-hybridized carbons (Fsp3) is 0.833. The second-order valence-corrected chi connectivity index (χ2v) is 5.36. The largest absolute Gasteiger partial charge is 0.480 e. The van der Waals surface area contributed by atoms with Crippen LogP contribution in [0.5, 0.6) is 0 Å². The van der Waals surface area contributed by atoms with Gasteiger partial charge in [-0.3, -0.25) is 9.69 Å². The zero-order valence-corrected chi connectivity index (χ0v) is 11.5. The van der Waals surface area contributed by atoms with Crippen molar-refractivity contribution < 1.29 is 24.5 Å². The monoisotopic (exact) mass is 274 g/mol. The molecule has 1 aliphatic heterocycles. The van der Waals surface area contributed by atoms with Gasteiger partial charge in [-0.05, 0) is 13.8 Å². The number of carboxylic acids is 1. The van der Waals surface area contributed by atoms with Gasteiger partial charge in [0.2, 0.25) is 5.91 Å². The summed E-state index contributed by atoms with van der Waals surface area (Å²) in [5.74, 6) is -1.27. The van der Waals surface area contributed by atoms with E-state index in [-0.39, 0.29) is 12.5 Å². The van der Waals surface area contributed by atoms with Crippen molar-refractivity contribution in [2.75, 3.05) is 45.9 Å². The molecule has 110 valence electrons. The summed E-state index contributed by atoms with van der Waals surface area (Å²) in [6.07, 6.45) is 0. The summed E-state index contributed by atoms with van der Waals surface area (Å²) in [7, 11) is 0. The van der Waals surface area contributed by atoms with Crippen LogP contribution in [0.1, 0.15) is 13.8 Å². The van der Waals surface area contributed by atoms with Crippen LogP contribution in [0, 0.1) is 0 Å². The third kappa shape index (κ3) is 6.51. The second-order valence-electron chi connectivity index (χ2n) is 5.36. The predicted octanol–water partition coefficient (Wildman–Crippen LogP) is -0.997. The Balaban J connectivity index is 2.25. The van der Waals surface area contributed by atoms with Gasteiger partial charge >= 0.3 is 5.97 Å². The first-order chi connectivity index (χ1) is 8.78. The SMILES string of the molecule is CC(C)(O)CN1CCN(C(=O)COCC(=O)O)CC1. The van der Waals surface area contributed by atoms with Crippen molar-refractivity contribution in [2.24, 2.45) is 0 Å². The van der Waals surface area contributed by atoms with Crippen LogP contribution in [-0.4, -0.2) is 83.4 Å². The molecule has 0 aromatic heterocycles. The number of carbonyl (C=O) groups is 2. The van der Waals surface area contributed by atoms with Crippen molar-refractivity contribution >= 4 is 11.9 Å². The van der Waals surface area contributed by atoms with E-state index in [9.17, 15) is 14.7 Å². The van der Waals surface area contributed by atoms with Crippen molar-refractivity contribution in [3.05, 3.63) is 0 Å². The van der Waals surface area contributed by atoms with E-state index in [0.29, 0.717) is 32.7 Å². The standard InChI is InChI=1S/C12H22N2O5/c1-12(2,18)9-13-3-5-14(6-4-13)10(15)7-19-8-11(16)17/h18H,3-9H2,1-2H3,(H,16,17). The third-order valence-corrected chi connectivity index (χ3v) is 2.79. The maximum absolute atomic E-state index is 11.7. The first-order valence-electron chi connectivity index (χ1n) is 6.30. The molecule has 0 atom stereocenters. The van der Waals surface area contributed by atoms with Crippen LogP contribution in [0.4, 0.5) is 0 Å². The average Bonchev–Trinajstić information content (AvgIpc) is 2.27. The fourth-order valence-electron chi connectivity index (χ4n) is 2.02. The molecular formula is C12H22N2O5. The van der Waals surface area contributed by atoms with E-state index < -0.39 is 18.2 Å². The Labute approximate surface area is 112 Å². The van der Waals surface area contributed by atoms with Gasteiger partial charge in [-0.2, -0.15) is 0 Å². The Hall–Kier alpha value is -1.18. The van der Waals surface area contributed by atoms with Gasteiger partial charge in [-0.1, -0.05) is 0 Å². The van der Waals surface area contributed by atoms with Gasteiger partial charge in [0.1, 0.15) is 13.2 Å². The lowest BCUT2D eigenvalue weighted by molar-refractivity contribution is -0.146. The molecule has 19 heavy (non-hydrogen) atoms. The van der Waals surface area contributed by atoms with Gasteiger partial charge in [0.15, 0.2) is 0 Å². The molecule has 1 saturated heterocycles. The first kappa shape index (κ1) is 15.9. The molecule has 0 spiro atoms. The van der Waals surface area contributed by atoms with Crippen LogP contribution in [0.15, 0.2) is 0 Å². The van der Waals surface area contributed by atoms with Crippen LogP contribution >= 0.6 is 0 Å². The summed E-state index contributed by atoms with van der Waals surface area (Å²) in [5.41, 5.74) is -0.739.